The predicted octanol–water partition coefficient (Wildman–Crippen LogP) is 7.01. The lowest BCUT2D eigenvalue weighted by molar-refractivity contribution is -0.584. The fourth-order valence-corrected chi connectivity index (χ4v) is 5.98. The fourth-order valence-electron chi connectivity index (χ4n) is 4.85. The molecule has 8 nitrogen and oxygen atoms in total. The third kappa shape index (κ3) is 11.7. The van der Waals surface area contributed by atoms with Gasteiger partial charge in [0.05, 0.1) is 24.4 Å². The molecule has 0 saturated heterocycles. The Morgan fingerprint density at radius 2 is 1.51 bits per heavy atom. The van der Waals surface area contributed by atoms with E-state index in [9.17, 15) is 9.36 Å². The molecule has 2 rings (SSSR count). The summed E-state index contributed by atoms with van der Waals surface area (Å²) < 4.78 is 29.1. The number of nitrogens with zero attached hydrogens (tertiary/aromatic N) is 3. The zero-order chi connectivity index (χ0) is 26.9. The van der Waals surface area contributed by atoms with Crippen LogP contribution in [0.5, 0.6) is 0 Å². The molecule has 0 bridgehead atoms. The molecule has 0 saturated carbocycles. The van der Waals surface area contributed by atoms with E-state index in [-0.39, 0.29) is 17.9 Å². The SMILES string of the molecule is COC(=O)C(C)CC(c1ccccc1)N1CC[N+](CCCCCCCCCCCCP(=O)(OC)OC)=N1. The van der Waals surface area contributed by atoms with Gasteiger partial charge < -0.3 is 13.8 Å². The molecule has 0 N–H and O–H groups in total. The first-order chi connectivity index (χ1) is 17.9. The van der Waals surface area contributed by atoms with Gasteiger partial charge in [-0.05, 0) is 24.8 Å². The van der Waals surface area contributed by atoms with Crippen molar-refractivity contribution in [3.8, 4) is 0 Å². The van der Waals surface area contributed by atoms with Crippen LogP contribution in [0.25, 0.3) is 0 Å². The van der Waals surface area contributed by atoms with Crippen molar-refractivity contribution in [3.63, 3.8) is 0 Å². The van der Waals surface area contributed by atoms with Crippen LogP contribution in [0, 0.1) is 5.92 Å². The molecule has 0 aliphatic carbocycles. The highest BCUT2D eigenvalue weighted by Crippen LogP contribution is 2.47. The third-order valence-electron chi connectivity index (χ3n) is 7.21. The van der Waals surface area contributed by atoms with Gasteiger partial charge in [-0.1, -0.05) is 82.2 Å². The van der Waals surface area contributed by atoms with Gasteiger partial charge in [0.1, 0.15) is 25.7 Å². The molecule has 2 atom stereocenters. The lowest BCUT2D eigenvalue weighted by Gasteiger charge is -2.21. The smallest absolute Gasteiger partial charge is 0.330 e. The molecular weight excluding hydrogens is 489 g/mol. The lowest BCUT2D eigenvalue weighted by Crippen LogP contribution is -2.27. The summed E-state index contributed by atoms with van der Waals surface area (Å²) in [6.07, 6.45) is 13.1. The maximum absolute atomic E-state index is 12.0. The Morgan fingerprint density at radius 1 is 0.946 bits per heavy atom. The number of carbonyl (C=O) groups excluding carboxylic acids is 1. The number of unbranched alkanes of at least 4 members (excludes halogenated alkanes) is 9. The second-order valence-corrected chi connectivity index (χ2v) is 12.4. The number of esters is 1. The van der Waals surface area contributed by atoms with E-state index in [0.29, 0.717) is 12.6 Å². The minimum Gasteiger partial charge on any atom is -0.469 e. The van der Waals surface area contributed by atoms with Gasteiger partial charge in [-0.15, -0.1) is 0 Å². The van der Waals surface area contributed by atoms with Crippen LogP contribution >= 0.6 is 7.60 Å². The molecular formula is C28H49N3O5P+. The van der Waals surface area contributed by atoms with Crippen molar-refractivity contribution in [2.75, 3.05) is 47.1 Å². The molecule has 9 heteroatoms. The standard InChI is InChI=1S/C28H49N3O5P/c1-25(28(32)34-2)24-27(26-18-14-13-15-19-26)31-22-21-30(29-31)20-16-11-9-7-5-6-8-10-12-17-23-37(33,35-3)36-4/h13-15,18-19,25,27H,5-12,16-17,20-24H2,1-4H3/q+1. The summed E-state index contributed by atoms with van der Waals surface area (Å²) in [6.45, 7) is 4.72. The number of benzene rings is 1. The Labute approximate surface area is 224 Å². The minimum atomic E-state index is -2.83. The average Bonchev–Trinajstić information content (AvgIpc) is 3.40. The zero-order valence-electron chi connectivity index (χ0n) is 23.5. The number of ether oxygens (including phenoxy) is 1. The Hall–Kier alpha value is -1.76. The molecule has 1 aliphatic rings. The van der Waals surface area contributed by atoms with Crippen LogP contribution in [-0.2, 0) is 23.1 Å². The van der Waals surface area contributed by atoms with E-state index in [1.165, 1.54) is 71.8 Å². The van der Waals surface area contributed by atoms with Crippen molar-refractivity contribution in [2.45, 2.75) is 83.6 Å². The van der Waals surface area contributed by atoms with Gasteiger partial charge in [-0.25, -0.2) is 0 Å². The summed E-state index contributed by atoms with van der Waals surface area (Å²) >= 11 is 0. The Morgan fingerprint density at radius 3 is 2.08 bits per heavy atom. The van der Waals surface area contributed by atoms with Crippen LogP contribution in [-0.4, -0.2) is 62.8 Å². The summed E-state index contributed by atoms with van der Waals surface area (Å²) in [5.74, 6) is -0.345. The molecule has 1 aliphatic heterocycles. The van der Waals surface area contributed by atoms with Crippen molar-refractivity contribution in [1.82, 2.24) is 5.01 Å². The molecule has 0 fully saturated rings. The van der Waals surface area contributed by atoms with E-state index < -0.39 is 7.60 Å². The highest BCUT2D eigenvalue weighted by atomic mass is 31.2. The van der Waals surface area contributed by atoms with Crippen LogP contribution in [0.2, 0.25) is 0 Å². The molecule has 2 unspecified atom stereocenters. The summed E-state index contributed by atoms with van der Waals surface area (Å²) in [7, 11) is 1.53. The summed E-state index contributed by atoms with van der Waals surface area (Å²) in [5.41, 5.74) is 1.19. The topological polar surface area (TPSA) is 80.4 Å². The highest BCUT2D eigenvalue weighted by Gasteiger charge is 2.34. The maximum Gasteiger partial charge on any atom is 0.330 e. The molecule has 1 aromatic rings. The molecule has 37 heavy (non-hydrogen) atoms. The Kier molecular flexibility index (Phi) is 15.0. The van der Waals surface area contributed by atoms with Gasteiger partial charge in [0.2, 0.25) is 0 Å². The van der Waals surface area contributed by atoms with Gasteiger partial charge >= 0.3 is 13.6 Å². The summed E-state index contributed by atoms with van der Waals surface area (Å²) in [4.78, 5) is 12.0. The quantitative estimate of drug-likeness (QED) is 0.0769. The molecule has 0 amide bonds. The van der Waals surface area contributed by atoms with Crippen molar-refractivity contribution >= 4 is 13.6 Å². The van der Waals surface area contributed by atoms with Crippen LogP contribution in [0.4, 0.5) is 0 Å². The van der Waals surface area contributed by atoms with Crippen LogP contribution in [0.3, 0.4) is 0 Å². The first-order valence-corrected chi connectivity index (χ1v) is 15.7. The summed E-state index contributed by atoms with van der Waals surface area (Å²) in [5, 5.41) is 7.04. The molecule has 210 valence electrons. The minimum absolute atomic E-state index is 0.0739. The lowest BCUT2D eigenvalue weighted by atomic mass is 9.95. The van der Waals surface area contributed by atoms with Gasteiger partial charge in [-0.2, -0.15) is 9.71 Å². The van der Waals surface area contributed by atoms with Crippen molar-refractivity contribution in [1.29, 1.82) is 0 Å². The Bertz CT molecular complexity index is 843. The molecule has 0 aromatic heterocycles. The molecule has 1 aromatic carbocycles. The number of hydrogen-bond donors (Lipinski definition) is 0. The van der Waals surface area contributed by atoms with Gasteiger partial charge in [0, 0.05) is 20.6 Å². The monoisotopic (exact) mass is 538 g/mol. The number of methoxy groups -OCH3 is 1. The molecule has 0 spiro atoms. The fraction of sp³-hybridized carbons (Fsp3) is 0.750. The number of carbonyl (C=O) groups is 1. The predicted molar refractivity (Wildman–Crippen MR) is 147 cm³/mol. The largest absolute Gasteiger partial charge is 0.469 e. The Balaban J connectivity index is 1.61. The van der Waals surface area contributed by atoms with Crippen molar-refractivity contribution in [3.05, 3.63) is 35.9 Å². The van der Waals surface area contributed by atoms with Gasteiger partial charge in [0.15, 0.2) is 0 Å². The van der Waals surface area contributed by atoms with Gasteiger partial charge in [-0.3, -0.25) is 9.36 Å². The maximum atomic E-state index is 12.0. The summed E-state index contributed by atoms with van der Waals surface area (Å²) in [6, 6.07) is 10.4. The zero-order valence-corrected chi connectivity index (χ0v) is 24.4. The number of hydrogen-bond acceptors (Lipinski definition) is 7. The first kappa shape index (κ1) is 31.5. The first-order valence-electron chi connectivity index (χ1n) is 14.0. The number of rotatable bonds is 20. The molecule has 1 heterocycles. The van der Waals surface area contributed by atoms with Crippen molar-refractivity contribution < 1.29 is 27.8 Å². The van der Waals surface area contributed by atoms with E-state index in [1.807, 2.05) is 25.1 Å². The van der Waals surface area contributed by atoms with Gasteiger partial charge in [0.25, 0.3) is 0 Å². The second-order valence-electron chi connectivity index (χ2n) is 10.0. The van der Waals surface area contributed by atoms with E-state index in [2.05, 4.69) is 21.8 Å². The van der Waals surface area contributed by atoms with Crippen molar-refractivity contribution in [2.24, 2.45) is 11.1 Å². The van der Waals surface area contributed by atoms with Crippen LogP contribution < -0.4 is 0 Å². The van der Waals surface area contributed by atoms with E-state index in [4.69, 9.17) is 19.0 Å². The second kappa shape index (κ2) is 17.7. The average molecular weight is 539 g/mol. The van der Waals surface area contributed by atoms with Crippen LogP contribution in [0.15, 0.2) is 35.6 Å². The van der Waals surface area contributed by atoms with E-state index in [1.54, 1.807) is 0 Å². The van der Waals surface area contributed by atoms with E-state index >= 15 is 0 Å². The highest BCUT2D eigenvalue weighted by molar-refractivity contribution is 7.53. The van der Waals surface area contributed by atoms with Crippen LogP contribution in [0.1, 0.15) is 89.2 Å². The van der Waals surface area contributed by atoms with E-state index in [0.717, 1.165) is 38.9 Å². The third-order valence-corrected chi connectivity index (χ3v) is 9.18. The molecule has 0 radical (unpaired) electrons. The normalized spacial score (nSPS) is 15.5.